The third-order valence-electron chi connectivity index (χ3n) is 5.00. The van der Waals surface area contributed by atoms with Crippen LogP contribution in [0.5, 0.6) is 5.75 Å². The molecule has 1 aliphatic rings. The van der Waals surface area contributed by atoms with E-state index in [-0.39, 0.29) is 6.10 Å². The minimum absolute atomic E-state index is 0.286. The van der Waals surface area contributed by atoms with Gasteiger partial charge >= 0.3 is 0 Å². The zero-order valence-electron chi connectivity index (χ0n) is 16.4. The van der Waals surface area contributed by atoms with Crippen LogP contribution in [0, 0.1) is 4.77 Å². The van der Waals surface area contributed by atoms with Crippen LogP contribution in [0.15, 0.2) is 48.8 Å². The van der Waals surface area contributed by atoms with E-state index in [0.717, 1.165) is 42.2 Å². The van der Waals surface area contributed by atoms with E-state index in [0.29, 0.717) is 24.6 Å². The Labute approximate surface area is 175 Å². The molecule has 1 aliphatic heterocycles. The van der Waals surface area contributed by atoms with Crippen molar-refractivity contribution in [2.75, 3.05) is 19.7 Å². The first-order valence-electron chi connectivity index (χ1n) is 9.89. The van der Waals surface area contributed by atoms with Crippen LogP contribution in [0.25, 0.3) is 17.1 Å². The van der Waals surface area contributed by atoms with Gasteiger partial charge in [-0.3, -0.25) is 14.5 Å². The molecule has 29 heavy (non-hydrogen) atoms. The van der Waals surface area contributed by atoms with Crippen LogP contribution in [0.2, 0.25) is 0 Å². The van der Waals surface area contributed by atoms with E-state index in [9.17, 15) is 5.11 Å². The second-order valence-corrected chi connectivity index (χ2v) is 7.48. The Morgan fingerprint density at radius 2 is 1.93 bits per heavy atom. The van der Waals surface area contributed by atoms with Crippen LogP contribution < -0.4 is 4.74 Å². The molecule has 0 unspecified atom stereocenters. The molecule has 1 atom stereocenters. The molecule has 1 N–H and O–H groups in total. The molecule has 3 heterocycles. The summed E-state index contributed by atoms with van der Waals surface area (Å²) in [7, 11) is 0. The minimum Gasteiger partial charge on any atom is -0.494 e. The number of aliphatic hydroxyl groups is 1. The summed E-state index contributed by atoms with van der Waals surface area (Å²) in [4.78, 5) is 6.30. The van der Waals surface area contributed by atoms with Gasteiger partial charge < -0.3 is 9.84 Å². The number of pyridine rings is 1. The Bertz CT molecular complexity index is 1000. The highest BCUT2D eigenvalue weighted by molar-refractivity contribution is 7.71. The Morgan fingerprint density at radius 1 is 1.17 bits per heavy atom. The van der Waals surface area contributed by atoms with Gasteiger partial charge in [-0.05, 0) is 68.4 Å². The lowest BCUT2D eigenvalue weighted by Crippen LogP contribution is -2.39. The van der Waals surface area contributed by atoms with Gasteiger partial charge in [0.1, 0.15) is 5.75 Å². The van der Waals surface area contributed by atoms with Crippen molar-refractivity contribution in [3.8, 4) is 22.8 Å². The molecule has 0 aliphatic carbocycles. The van der Waals surface area contributed by atoms with Gasteiger partial charge in [0.2, 0.25) is 4.77 Å². The van der Waals surface area contributed by atoms with Crippen molar-refractivity contribution in [1.29, 1.82) is 0 Å². The number of nitrogens with zero attached hydrogens (tertiary/aromatic N) is 5. The Morgan fingerprint density at radius 3 is 2.62 bits per heavy atom. The van der Waals surface area contributed by atoms with Crippen LogP contribution >= 0.6 is 12.2 Å². The van der Waals surface area contributed by atoms with Gasteiger partial charge in [-0.15, -0.1) is 5.10 Å². The first-order chi connectivity index (χ1) is 14.2. The summed E-state index contributed by atoms with van der Waals surface area (Å²) in [6, 6.07) is 11.7. The van der Waals surface area contributed by atoms with Crippen LogP contribution in [-0.2, 0) is 6.67 Å². The third-order valence-corrected chi connectivity index (χ3v) is 5.39. The summed E-state index contributed by atoms with van der Waals surface area (Å²) in [5.41, 5.74) is 1.87. The number of β-amino-alcohol motifs (C(OH)–C–C–N with tert-alkyl or cyclic N) is 1. The smallest absolute Gasteiger partial charge is 0.204 e. The topological polar surface area (TPSA) is 68.3 Å². The molecule has 0 amide bonds. The molecule has 0 saturated carbocycles. The Balaban J connectivity index is 1.74. The number of aliphatic hydroxyl groups excluding tert-OH is 1. The highest BCUT2D eigenvalue weighted by atomic mass is 32.1. The maximum Gasteiger partial charge on any atom is 0.204 e. The molecule has 1 saturated heterocycles. The first-order valence-corrected chi connectivity index (χ1v) is 10.3. The molecule has 0 radical (unpaired) electrons. The Hall–Kier alpha value is -2.55. The zero-order valence-corrected chi connectivity index (χ0v) is 17.3. The molecular formula is C21H25N5O2S. The van der Waals surface area contributed by atoms with Gasteiger partial charge in [0.25, 0.3) is 0 Å². The maximum atomic E-state index is 9.99. The normalized spacial score (nSPS) is 17.4. The van der Waals surface area contributed by atoms with Crippen LogP contribution in [0.1, 0.15) is 19.8 Å². The van der Waals surface area contributed by atoms with E-state index in [1.54, 1.807) is 12.4 Å². The van der Waals surface area contributed by atoms with Crippen LogP contribution in [-0.4, -0.2) is 55.1 Å². The molecule has 1 aromatic carbocycles. The monoisotopic (exact) mass is 411 g/mol. The largest absolute Gasteiger partial charge is 0.494 e. The summed E-state index contributed by atoms with van der Waals surface area (Å²) in [6.45, 7) is 4.72. The van der Waals surface area contributed by atoms with Crippen molar-refractivity contribution in [3.05, 3.63) is 53.6 Å². The Kier molecular flexibility index (Phi) is 6.03. The fourth-order valence-electron chi connectivity index (χ4n) is 3.63. The molecular weight excluding hydrogens is 386 g/mol. The molecule has 8 heteroatoms. The molecule has 1 fully saturated rings. The summed E-state index contributed by atoms with van der Waals surface area (Å²) in [5.74, 6) is 1.59. The van der Waals surface area contributed by atoms with Crippen LogP contribution in [0.4, 0.5) is 0 Å². The number of ether oxygens (including phenoxy) is 1. The summed E-state index contributed by atoms with van der Waals surface area (Å²) >= 11 is 5.80. The van der Waals surface area contributed by atoms with Gasteiger partial charge in [-0.2, -0.15) is 0 Å². The standard InChI is InChI=1S/C21H25N5O2S/c1-2-28-19-7-5-17(6-8-19)26-20(16-9-11-22-12-10-16)23-25(21(26)29)15-24-13-3-4-18(27)14-24/h5-12,18,27H,2-4,13-15H2,1H3/t18-/m1/s1. The van der Waals surface area contributed by atoms with Gasteiger partial charge in [-0.1, -0.05) is 0 Å². The number of likely N-dealkylation sites (tertiary alicyclic amines) is 1. The third kappa shape index (κ3) is 4.39. The van der Waals surface area contributed by atoms with Crippen molar-refractivity contribution in [1.82, 2.24) is 24.2 Å². The summed E-state index contributed by atoms with van der Waals surface area (Å²) in [5, 5.41) is 14.8. The number of benzene rings is 1. The first kappa shape index (κ1) is 19.8. The van der Waals surface area contributed by atoms with E-state index in [4.69, 9.17) is 22.1 Å². The molecule has 0 spiro atoms. The highest BCUT2D eigenvalue weighted by Gasteiger charge is 2.20. The highest BCUT2D eigenvalue weighted by Crippen LogP contribution is 2.24. The number of hydrogen-bond acceptors (Lipinski definition) is 6. The van der Waals surface area contributed by atoms with Crippen molar-refractivity contribution in [2.24, 2.45) is 0 Å². The van der Waals surface area contributed by atoms with Gasteiger partial charge in [0, 0.05) is 31.0 Å². The number of rotatable bonds is 6. The van der Waals surface area contributed by atoms with E-state index in [1.165, 1.54) is 0 Å². The lowest BCUT2D eigenvalue weighted by Gasteiger charge is -2.29. The fraction of sp³-hybridized carbons (Fsp3) is 0.381. The van der Waals surface area contributed by atoms with E-state index >= 15 is 0 Å². The van der Waals surface area contributed by atoms with E-state index in [1.807, 2.05) is 52.6 Å². The van der Waals surface area contributed by atoms with E-state index < -0.39 is 0 Å². The van der Waals surface area contributed by atoms with Crippen molar-refractivity contribution in [3.63, 3.8) is 0 Å². The summed E-state index contributed by atoms with van der Waals surface area (Å²) in [6.07, 6.45) is 5.04. The predicted molar refractivity (Wildman–Crippen MR) is 114 cm³/mol. The second kappa shape index (κ2) is 8.86. The maximum absolute atomic E-state index is 9.99. The lowest BCUT2D eigenvalue weighted by atomic mass is 10.1. The molecule has 3 aromatic rings. The van der Waals surface area contributed by atoms with Gasteiger partial charge in [-0.25, -0.2) is 4.68 Å². The number of piperidine rings is 1. The predicted octanol–water partition coefficient (Wildman–Crippen LogP) is 3.28. The second-order valence-electron chi connectivity index (χ2n) is 7.12. The lowest BCUT2D eigenvalue weighted by molar-refractivity contribution is 0.0513. The van der Waals surface area contributed by atoms with Crippen molar-refractivity contribution < 1.29 is 9.84 Å². The molecule has 7 nitrogen and oxygen atoms in total. The average molecular weight is 412 g/mol. The molecule has 152 valence electrons. The zero-order chi connectivity index (χ0) is 20.2. The van der Waals surface area contributed by atoms with Crippen molar-refractivity contribution in [2.45, 2.75) is 32.5 Å². The summed E-state index contributed by atoms with van der Waals surface area (Å²) < 4.78 is 9.98. The van der Waals surface area contributed by atoms with Gasteiger partial charge in [0.15, 0.2) is 5.82 Å². The molecule has 4 rings (SSSR count). The quantitative estimate of drug-likeness (QED) is 0.628. The average Bonchev–Trinajstić information content (AvgIpc) is 3.06. The number of hydrogen-bond donors (Lipinski definition) is 1. The molecule has 2 aromatic heterocycles. The van der Waals surface area contributed by atoms with Gasteiger partial charge in [0.05, 0.1) is 25.1 Å². The molecule has 0 bridgehead atoms. The van der Waals surface area contributed by atoms with Crippen LogP contribution in [0.3, 0.4) is 0 Å². The van der Waals surface area contributed by atoms with Crippen molar-refractivity contribution >= 4 is 12.2 Å². The fourth-order valence-corrected chi connectivity index (χ4v) is 3.92. The van der Waals surface area contributed by atoms with E-state index in [2.05, 4.69) is 9.88 Å². The number of aromatic nitrogens is 4. The SMILES string of the molecule is CCOc1ccc(-n2c(-c3ccncc3)nn(CN3CCC[C@@H](O)C3)c2=S)cc1. The minimum atomic E-state index is -0.286.